The SMILES string of the molecule is O=C(/C=C/c1ccco1)NC[C@@]1(O)CCOc2ccccc21. The van der Waals surface area contributed by atoms with Crippen molar-refractivity contribution in [1.29, 1.82) is 0 Å². The zero-order chi connectivity index (χ0) is 15.4. The van der Waals surface area contributed by atoms with E-state index in [0.29, 0.717) is 30.1 Å². The monoisotopic (exact) mass is 299 g/mol. The highest BCUT2D eigenvalue weighted by atomic mass is 16.5. The molecule has 1 aliphatic rings. The maximum Gasteiger partial charge on any atom is 0.244 e. The molecule has 1 aliphatic heterocycles. The lowest BCUT2D eigenvalue weighted by Crippen LogP contribution is -2.43. The van der Waals surface area contributed by atoms with Gasteiger partial charge in [-0.1, -0.05) is 18.2 Å². The fraction of sp³-hybridized carbons (Fsp3) is 0.235. The zero-order valence-corrected chi connectivity index (χ0v) is 12.0. The first-order chi connectivity index (χ1) is 10.7. The minimum atomic E-state index is -1.11. The van der Waals surface area contributed by atoms with E-state index in [1.807, 2.05) is 24.3 Å². The van der Waals surface area contributed by atoms with Gasteiger partial charge in [0.05, 0.1) is 19.4 Å². The van der Waals surface area contributed by atoms with Crippen LogP contribution in [0.15, 0.2) is 53.2 Å². The van der Waals surface area contributed by atoms with Gasteiger partial charge < -0.3 is 19.6 Å². The summed E-state index contributed by atoms with van der Waals surface area (Å²) >= 11 is 0. The molecule has 0 fully saturated rings. The summed E-state index contributed by atoms with van der Waals surface area (Å²) in [6.07, 6.45) is 4.94. The van der Waals surface area contributed by atoms with Gasteiger partial charge in [0, 0.05) is 18.1 Å². The smallest absolute Gasteiger partial charge is 0.244 e. The van der Waals surface area contributed by atoms with Crippen LogP contribution in [-0.4, -0.2) is 24.2 Å². The van der Waals surface area contributed by atoms with Crippen molar-refractivity contribution >= 4 is 12.0 Å². The number of benzene rings is 1. The summed E-state index contributed by atoms with van der Waals surface area (Å²) in [5, 5.41) is 13.5. The molecule has 3 rings (SSSR count). The van der Waals surface area contributed by atoms with Crippen molar-refractivity contribution in [3.63, 3.8) is 0 Å². The van der Waals surface area contributed by atoms with Gasteiger partial charge in [-0.15, -0.1) is 0 Å². The summed E-state index contributed by atoms with van der Waals surface area (Å²) in [5.74, 6) is 0.982. The molecule has 1 atom stereocenters. The minimum Gasteiger partial charge on any atom is -0.493 e. The molecule has 0 spiro atoms. The Hall–Kier alpha value is -2.53. The van der Waals surface area contributed by atoms with Gasteiger partial charge in [-0.2, -0.15) is 0 Å². The van der Waals surface area contributed by atoms with Crippen LogP contribution in [0.1, 0.15) is 17.7 Å². The summed E-state index contributed by atoms with van der Waals surface area (Å²) in [6.45, 7) is 0.556. The molecule has 0 unspecified atom stereocenters. The van der Waals surface area contributed by atoms with Crippen LogP contribution in [0.5, 0.6) is 5.75 Å². The number of para-hydroxylation sites is 1. The third-order valence-corrected chi connectivity index (χ3v) is 3.66. The number of carbonyl (C=O) groups is 1. The number of aliphatic hydroxyl groups is 1. The molecule has 0 bridgehead atoms. The summed E-state index contributed by atoms with van der Waals surface area (Å²) < 4.78 is 10.6. The third-order valence-electron chi connectivity index (χ3n) is 3.66. The molecule has 0 radical (unpaired) electrons. The van der Waals surface area contributed by atoms with Crippen molar-refractivity contribution in [3.8, 4) is 5.75 Å². The van der Waals surface area contributed by atoms with E-state index in [9.17, 15) is 9.90 Å². The highest BCUT2D eigenvalue weighted by Gasteiger charge is 2.35. The highest BCUT2D eigenvalue weighted by molar-refractivity contribution is 5.91. The van der Waals surface area contributed by atoms with Crippen molar-refractivity contribution in [1.82, 2.24) is 5.32 Å². The number of nitrogens with one attached hydrogen (secondary N) is 1. The Kier molecular flexibility index (Phi) is 3.98. The van der Waals surface area contributed by atoms with E-state index in [1.165, 1.54) is 6.08 Å². The molecule has 2 heterocycles. The van der Waals surface area contributed by atoms with Crippen LogP contribution in [0, 0.1) is 0 Å². The standard InChI is InChI=1S/C17H17NO4/c19-16(8-7-13-4-3-10-21-13)18-12-17(20)9-11-22-15-6-2-1-5-14(15)17/h1-8,10,20H,9,11-12H2,(H,18,19)/b8-7+/t17-/m0/s1. The molecule has 2 aromatic rings. The number of hydrogen-bond acceptors (Lipinski definition) is 4. The highest BCUT2D eigenvalue weighted by Crippen LogP contribution is 2.36. The molecule has 2 N–H and O–H groups in total. The molecule has 22 heavy (non-hydrogen) atoms. The number of furan rings is 1. The maximum absolute atomic E-state index is 11.9. The lowest BCUT2D eigenvalue weighted by molar-refractivity contribution is -0.118. The van der Waals surface area contributed by atoms with E-state index >= 15 is 0 Å². The van der Waals surface area contributed by atoms with E-state index in [1.54, 1.807) is 24.5 Å². The Morgan fingerprint density at radius 3 is 3.00 bits per heavy atom. The molecular weight excluding hydrogens is 282 g/mol. The van der Waals surface area contributed by atoms with Gasteiger partial charge in [0.15, 0.2) is 0 Å². The summed E-state index contributed by atoms with van der Waals surface area (Å²) in [6, 6.07) is 10.8. The lowest BCUT2D eigenvalue weighted by Gasteiger charge is -2.34. The van der Waals surface area contributed by atoms with Crippen molar-refractivity contribution in [2.45, 2.75) is 12.0 Å². The van der Waals surface area contributed by atoms with E-state index in [2.05, 4.69) is 5.32 Å². The van der Waals surface area contributed by atoms with Gasteiger partial charge in [-0.05, 0) is 24.3 Å². The van der Waals surface area contributed by atoms with E-state index < -0.39 is 5.60 Å². The van der Waals surface area contributed by atoms with Crippen molar-refractivity contribution < 1.29 is 19.1 Å². The second kappa shape index (κ2) is 6.07. The summed E-state index contributed by atoms with van der Waals surface area (Å²) in [4.78, 5) is 11.9. The average Bonchev–Trinajstić information content (AvgIpc) is 3.05. The largest absolute Gasteiger partial charge is 0.493 e. The third kappa shape index (κ3) is 3.04. The van der Waals surface area contributed by atoms with Crippen LogP contribution < -0.4 is 10.1 Å². The van der Waals surface area contributed by atoms with Crippen LogP contribution in [-0.2, 0) is 10.4 Å². The quantitative estimate of drug-likeness (QED) is 0.848. The zero-order valence-electron chi connectivity index (χ0n) is 12.0. The predicted octanol–water partition coefficient (Wildman–Crippen LogP) is 2.08. The topological polar surface area (TPSA) is 71.7 Å². The second-order valence-corrected chi connectivity index (χ2v) is 5.19. The van der Waals surface area contributed by atoms with Crippen molar-refractivity contribution in [2.75, 3.05) is 13.2 Å². The van der Waals surface area contributed by atoms with Crippen molar-refractivity contribution in [2.24, 2.45) is 0 Å². The molecular formula is C17H17NO4. The lowest BCUT2D eigenvalue weighted by atomic mass is 9.88. The Balaban J connectivity index is 1.65. The van der Waals surface area contributed by atoms with E-state index in [4.69, 9.17) is 9.15 Å². The first-order valence-electron chi connectivity index (χ1n) is 7.11. The molecule has 114 valence electrons. The predicted molar refractivity (Wildman–Crippen MR) is 81.2 cm³/mol. The number of hydrogen-bond donors (Lipinski definition) is 2. The molecule has 5 heteroatoms. The van der Waals surface area contributed by atoms with Crippen LogP contribution in [0.2, 0.25) is 0 Å². The maximum atomic E-state index is 11.9. The fourth-order valence-electron chi connectivity index (χ4n) is 2.46. The molecule has 1 aromatic heterocycles. The Morgan fingerprint density at radius 1 is 1.32 bits per heavy atom. The molecule has 1 aromatic carbocycles. The normalized spacial score (nSPS) is 20.4. The number of fused-ring (bicyclic) bond motifs is 1. The van der Waals surface area contributed by atoms with Gasteiger partial charge in [-0.25, -0.2) is 0 Å². The van der Waals surface area contributed by atoms with Gasteiger partial charge in [0.2, 0.25) is 5.91 Å². The molecule has 0 saturated heterocycles. The Labute approximate surface area is 128 Å². The summed E-state index contributed by atoms with van der Waals surface area (Å²) in [7, 11) is 0. The van der Waals surface area contributed by atoms with Crippen LogP contribution >= 0.6 is 0 Å². The summed E-state index contributed by atoms with van der Waals surface area (Å²) in [5.41, 5.74) is -0.403. The van der Waals surface area contributed by atoms with Crippen molar-refractivity contribution in [3.05, 3.63) is 60.1 Å². The van der Waals surface area contributed by atoms with Gasteiger partial charge in [-0.3, -0.25) is 4.79 Å². The van der Waals surface area contributed by atoms with Gasteiger partial charge in [0.1, 0.15) is 17.1 Å². The number of rotatable bonds is 4. The molecule has 5 nitrogen and oxygen atoms in total. The second-order valence-electron chi connectivity index (χ2n) is 5.19. The average molecular weight is 299 g/mol. The molecule has 0 saturated carbocycles. The minimum absolute atomic E-state index is 0.134. The van der Waals surface area contributed by atoms with Crippen LogP contribution in [0.25, 0.3) is 6.08 Å². The van der Waals surface area contributed by atoms with Gasteiger partial charge >= 0.3 is 0 Å². The fourth-order valence-corrected chi connectivity index (χ4v) is 2.46. The van der Waals surface area contributed by atoms with E-state index in [0.717, 1.165) is 0 Å². The number of amides is 1. The first kappa shape index (κ1) is 14.4. The Bertz CT molecular complexity index is 678. The van der Waals surface area contributed by atoms with Crippen LogP contribution in [0.4, 0.5) is 0 Å². The molecule has 0 aliphatic carbocycles. The first-order valence-corrected chi connectivity index (χ1v) is 7.11. The van der Waals surface area contributed by atoms with Crippen LogP contribution in [0.3, 0.4) is 0 Å². The van der Waals surface area contributed by atoms with Gasteiger partial charge in [0.25, 0.3) is 0 Å². The van der Waals surface area contributed by atoms with E-state index in [-0.39, 0.29) is 12.5 Å². The number of carbonyl (C=O) groups excluding carboxylic acids is 1. The molecule has 1 amide bonds. The number of ether oxygens (including phenoxy) is 1. The Morgan fingerprint density at radius 2 is 2.18 bits per heavy atom.